The van der Waals surface area contributed by atoms with E-state index in [9.17, 15) is 4.39 Å². The zero-order valence-electron chi connectivity index (χ0n) is 11.9. The van der Waals surface area contributed by atoms with Gasteiger partial charge in [-0.2, -0.15) is 0 Å². The van der Waals surface area contributed by atoms with Crippen molar-refractivity contribution in [3.8, 4) is 11.8 Å². The van der Waals surface area contributed by atoms with Gasteiger partial charge in [0.1, 0.15) is 12.4 Å². The number of nitrogens with zero attached hydrogens (tertiary/aromatic N) is 1. The summed E-state index contributed by atoms with van der Waals surface area (Å²) in [7, 11) is 0. The number of hydrogen-bond donors (Lipinski definition) is 1. The monoisotopic (exact) mass is 277 g/mol. The molecule has 4 heteroatoms. The van der Waals surface area contributed by atoms with E-state index in [-0.39, 0.29) is 18.0 Å². The van der Waals surface area contributed by atoms with Crippen LogP contribution in [0.15, 0.2) is 18.2 Å². The fourth-order valence-electron chi connectivity index (χ4n) is 2.33. The van der Waals surface area contributed by atoms with Gasteiger partial charge in [0.25, 0.3) is 0 Å². The molecule has 0 spiro atoms. The van der Waals surface area contributed by atoms with Gasteiger partial charge in [-0.05, 0) is 31.5 Å². The first-order valence-electron chi connectivity index (χ1n) is 6.74. The van der Waals surface area contributed by atoms with E-state index in [1.165, 1.54) is 12.1 Å². The fourth-order valence-corrected chi connectivity index (χ4v) is 2.33. The van der Waals surface area contributed by atoms with Crippen LogP contribution in [-0.4, -0.2) is 41.9 Å². The van der Waals surface area contributed by atoms with Crippen molar-refractivity contribution in [2.75, 3.05) is 26.4 Å². The molecule has 0 radical (unpaired) electrons. The summed E-state index contributed by atoms with van der Waals surface area (Å²) in [4.78, 5) is 2.31. The van der Waals surface area contributed by atoms with Crippen molar-refractivity contribution in [2.45, 2.75) is 25.9 Å². The van der Waals surface area contributed by atoms with Crippen molar-refractivity contribution in [2.24, 2.45) is 0 Å². The van der Waals surface area contributed by atoms with Crippen LogP contribution < -0.4 is 0 Å². The van der Waals surface area contributed by atoms with Gasteiger partial charge < -0.3 is 9.84 Å². The molecule has 0 atom stereocenters. The topological polar surface area (TPSA) is 32.7 Å². The molecule has 0 bridgehead atoms. The Hall–Kier alpha value is -1.41. The molecule has 1 saturated heterocycles. The average molecular weight is 277 g/mol. The van der Waals surface area contributed by atoms with Gasteiger partial charge in [-0.25, -0.2) is 4.39 Å². The summed E-state index contributed by atoms with van der Waals surface area (Å²) in [5.41, 5.74) is 1.57. The van der Waals surface area contributed by atoms with Crippen LogP contribution in [0.1, 0.15) is 25.0 Å². The summed E-state index contributed by atoms with van der Waals surface area (Å²) < 4.78 is 18.8. The lowest BCUT2D eigenvalue weighted by Crippen LogP contribution is -2.52. The predicted octanol–water partition coefficient (Wildman–Crippen LogP) is 1.78. The van der Waals surface area contributed by atoms with Gasteiger partial charge in [0.15, 0.2) is 0 Å². The lowest BCUT2D eigenvalue weighted by molar-refractivity contribution is -0.0553. The van der Waals surface area contributed by atoms with Crippen molar-refractivity contribution in [3.05, 3.63) is 35.1 Å². The highest BCUT2D eigenvalue weighted by atomic mass is 19.1. The smallest absolute Gasteiger partial charge is 0.124 e. The SMILES string of the molecule is CC1(C)COCCN1Cc1ccc(F)cc1C#CCO. The van der Waals surface area contributed by atoms with E-state index in [1.807, 2.05) is 0 Å². The lowest BCUT2D eigenvalue weighted by Gasteiger charge is -2.42. The Balaban J connectivity index is 2.24. The van der Waals surface area contributed by atoms with Crippen molar-refractivity contribution >= 4 is 0 Å². The molecule has 1 aliphatic heterocycles. The van der Waals surface area contributed by atoms with Crippen molar-refractivity contribution < 1.29 is 14.2 Å². The molecule has 1 N–H and O–H groups in total. The third kappa shape index (κ3) is 3.57. The molecule has 0 aliphatic carbocycles. The van der Waals surface area contributed by atoms with Gasteiger partial charge in [0.2, 0.25) is 0 Å². The summed E-state index contributed by atoms with van der Waals surface area (Å²) in [6.07, 6.45) is 0. The van der Waals surface area contributed by atoms with E-state index in [0.717, 1.165) is 12.1 Å². The Morgan fingerprint density at radius 2 is 2.25 bits per heavy atom. The largest absolute Gasteiger partial charge is 0.384 e. The molecule has 0 unspecified atom stereocenters. The first-order chi connectivity index (χ1) is 9.53. The molecule has 0 amide bonds. The molecular formula is C16H20FNO2. The third-order valence-electron chi connectivity index (χ3n) is 3.55. The summed E-state index contributed by atoms with van der Waals surface area (Å²) in [5, 5.41) is 8.80. The number of hydrogen-bond acceptors (Lipinski definition) is 3. The van der Waals surface area contributed by atoms with Gasteiger partial charge in [0.05, 0.1) is 13.2 Å². The van der Waals surface area contributed by atoms with E-state index >= 15 is 0 Å². The van der Waals surface area contributed by atoms with Gasteiger partial charge in [-0.1, -0.05) is 17.9 Å². The third-order valence-corrected chi connectivity index (χ3v) is 3.55. The molecule has 1 fully saturated rings. The normalized spacial score (nSPS) is 18.4. The van der Waals surface area contributed by atoms with E-state index in [0.29, 0.717) is 25.3 Å². The second-order valence-corrected chi connectivity index (χ2v) is 5.55. The fraction of sp³-hybridized carbons (Fsp3) is 0.500. The number of morpholine rings is 1. The molecule has 1 aromatic carbocycles. The molecule has 3 nitrogen and oxygen atoms in total. The Morgan fingerprint density at radius 1 is 1.45 bits per heavy atom. The van der Waals surface area contributed by atoms with E-state index in [1.54, 1.807) is 6.07 Å². The van der Waals surface area contributed by atoms with Crippen molar-refractivity contribution in [1.82, 2.24) is 4.90 Å². The maximum absolute atomic E-state index is 13.3. The zero-order valence-corrected chi connectivity index (χ0v) is 11.9. The molecule has 20 heavy (non-hydrogen) atoms. The van der Waals surface area contributed by atoms with Crippen LogP contribution in [0.2, 0.25) is 0 Å². The second-order valence-electron chi connectivity index (χ2n) is 5.55. The summed E-state index contributed by atoms with van der Waals surface area (Å²) >= 11 is 0. The minimum absolute atomic E-state index is 0.0473. The minimum Gasteiger partial charge on any atom is -0.384 e. The van der Waals surface area contributed by atoms with Crippen LogP contribution in [-0.2, 0) is 11.3 Å². The molecule has 1 aromatic rings. The van der Waals surface area contributed by atoms with Crippen LogP contribution in [0.5, 0.6) is 0 Å². The van der Waals surface area contributed by atoms with Gasteiger partial charge in [-0.15, -0.1) is 0 Å². The van der Waals surface area contributed by atoms with E-state index in [2.05, 4.69) is 30.6 Å². The highest BCUT2D eigenvalue weighted by Gasteiger charge is 2.30. The minimum atomic E-state index is -0.308. The quantitative estimate of drug-likeness (QED) is 0.836. The first kappa shape index (κ1) is 15.0. The summed E-state index contributed by atoms with van der Waals surface area (Å²) in [6, 6.07) is 4.64. The van der Waals surface area contributed by atoms with Gasteiger partial charge in [-0.3, -0.25) is 4.90 Å². The Bertz CT molecular complexity index is 531. The molecule has 108 valence electrons. The number of ether oxygens (including phenoxy) is 1. The number of rotatable bonds is 2. The van der Waals surface area contributed by atoms with Crippen LogP contribution in [0, 0.1) is 17.7 Å². The summed E-state index contributed by atoms with van der Waals surface area (Å²) in [5.74, 6) is 5.10. The molecule has 0 aromatic heterocycles. The Labute approximate surface area is 119 Å². The Kier molecular flexibility index (Phi) is 4.77. The van der Waals surface area contributed by atoms with E-state index in [4.69, 9.17) is 9.84 Å². The standard InChI is InChI=1S/C16H20FNO2/c1-16(2)12-20-9-7-18(16)11-14-5-6-15(17)10-13(14)4-3-8-19/h5-6,10,19H,7-9,11-12H2,1-2H3. The molecular weight excluding hydrogens is 257 g/mol. The van der Waals surface area contributed by atoms with Crippen LogP contribution in [0.4, 0.5) is 4.39 Å². The van der Waals surface area contributed by atoms with Crippen LogP contribution >= 0.6 is 0 Å². The van der Waals surface area contributed by atoms with Crippen LogP contribution in [0.25, 0.3) is 0 Å². The molecule has 1 aliphatic rings. The van der Waals surface area contributed by atoms with Crippen molar-refractivity contribution in [3.63, 3.8) is 0 Å². The van der Waals surface area contributed by atoms with Gasteiger partial charge >= 0.3 is 0 Å². The molecule has 1 heterocycles. The zero-order chi connectivity index (χ0) is 14.6. The summed E-state index contributed by atoms with van der Waals surface area (Å²) in [6.45, 7) is 6.99. The number of aliphatic hydroxyl groups excluding tert-OH is 1. The Morgan fingerprint density at radius 3 is 2.95 bits per heavy atom. The first-order valence-corrected chi connectivity index (χ1v) is 6.74. The number of aliphatic hydroxyl groups is 1. The lowest BCUT2D eigenvalue weighted by atomic mass is 9.99. The molecule has 0 saturated carbocycles. The van der Waals surface area contributed by atoms with Crippen LogP contribution in [0.3, 0.4) is 0 Å². The molecule has 2 rings (SSSR count). The predicted molar refractivity (Wildman–Crippen MR) is 75.7 cm³/mol. The number of benzene rings is 1. The second kappa shape index (κ2) is 6.36. The van der Waals surface area contributed by atoms with Gasteiger partial charge in [0, 0.05) is 24.2 Å². The number of halogens is 1. The maximum Gasteiger partial charge on any atom is 0.124 e. The maximum atomic E-state index is 13.3. The highest BCUT2D eigenvalue weighted by molar-refractivity contribution is 5.41. The average Bonchev–Trinajstić information content (AvgIpc) is 2.41. The van der Waals surface area contributed by atoms with Crippen molar-refractivity contribution in [1.29, 1.82) is 0 Å². The highest BCUT2D eigenvalue weighted by Crippen LogP contribution is 2.23. The van der Waals surface area contributed by atoms with E-state index < -0.39 is 0 Å².